The number of nitrogens with zero attached hydrogens (tertiary/aromatic N) is 1. The van der Waals surface area contributed by atoms with Gasteiger partial charge in [-0.2, -0.15) is 0 Å². The lowest BCUT2D eigenvalue weighted by Gasteiger charge is -2.21. The third-order valence-electron chi connectivity index (χ3n) is 8.61. The van der Waals surface area contributed by atoms with Crippen molar-refractivity contribution in [3.05, 3.63) is 12.2 Å². The number of rotatable bonds is 33. The molecule has 0 aromatic carbocycles. The molecule has 0 aliphatic rings. The molecular weight excluding hydrogens is 458 g/mol. The Morgan fingerprint density at radius 1 is 0.395 bits per heavy atom. The third kappa shape index (κ3) is 30.2. The predicted molar refractivity (Wildman–Crippen MR) is 176 cm³/mol. The number of unbranched alkanes of at least 4 members (excludes halogenated alkanes) is 26. The summed E-state index contributed by atoms with van der Waals surface area (Å²) in [5, 5.41) is 0. The van der Waals surface area contributed by atoms with Gasteiger partial charge in [-0.3, -0.25) is 4.90 Å². The molecule has 0 heterocycles. The van der Waals surface area contributed by atoms with Gasteiger partial charge in [-0.25, -0.2) is 0 Å². The van der Waals surface area contributed by atoms with Gasteiger partial charge >= 0.3 is 0 Å². The summed E-state index contributed by atoms with van der Waals surface area (Å²) in [7, 11) is 0. The van der Waals surface area contributed by atoms with E-state index in [1.54, 1.807) is 0 Å². The van der Waals surface area contributed by atoms with Crippen LogP contribution in [0.5, 0.6) is 0 Å². The van der Waals surface area contributed by atoms with E-state index >= 15 is 0 Å². The molecule has 1 heteroatoms. The number of hydrogen-bond donors (Lipinski definition) is 0. The van der Waals surface area contributed by atoms with Crippen molar-refractivity contribution in [2.24, 2.45) is 0 Å². The lowest BCUT2D eigenvalue weighted by molar-refractivity contribution is 0.300. The van der Waals surface area contributed by atoms with E-state index in [2.05, 4.69) is 32.3 Å². The summed E-state index contributed by atoms with van der Waals surface area (Å²) in [6, 6.07) is 0. The Balaban J connectivity index is 3.39. The SMILES string of the molecule is C=C(CCCCCCCCCCCCCCC)CN(CC)CCCCCCCCCCCCCCCCC. The van der Waals surface area contributed by atoms with Gasteiger partial charge in [0.15, 0.2) is 0 Å². The summed E-state index contributed by atoms with van der Waals surface area (Å²) in [6.07, 6.45) is 41.6. The highest BCUT2D eigenvalue weighted by Crippen LogP contribution is 2.16. The van der Waals surface area contributed by atoms with Crippen LogP contribution in [0.1, 0.15) is 207 Å². The molecule has 0 unspecified atom stereocenters. The lowest BCUT2D eigenvalue weighted by atomic mass is 10.0. The summed E-state index contributed by atoms with van der Waals surface area (Å²) >= 11 is 0. The van der Waals surface area contributed by atoms with Crippen molar-refractivity contribution in [2.75, 3.05) is 19.6 Å². The Hall–Kier alpha value is -0.300. The number of likely N-dealkylation sites (N-methyl/N-ethyl adjacent to an activating group) is 1. The molecule has 228 valence electrons. The van der Waals surface area contributed by atoms with E-state index in [9.17, 15) is 0 Å². The molecule has 0 saturated carbocycles. The second-order valence-electron chi connectivity index (χ2n) is 12.6. The third-order valence-corrected chi connectivity index (χ3v) is 8.61. The van der Waals surface area contributed by atoms with Gasteiger partial charge in [-0.05, 0) is 32.4 Å². The van der Waals surface area contributed by atoms with Crippen LogP contribution in [0.3, 0.4) is 0 Å². The lowest BCUT2D eigenvalue weighted by Crippen LogP contribution is -2.26. The van der Waals surface area contributed by atoms with Crippen LogP contribution in [0.15, 0.2) is 12.2 Å². The standard InChI is InChI=1S/C37H75N/c1-5-8-10-12-14-16-18-20-21-23-25-27-29-31-33-35-38(7-3)36-37(4)34-32-30-28-26-24-22-19-17-15-13-11-9-6-2/h4-36H2,1-3H3. The van der Waals surface area contributed by atoms with Crippen molar-refractivity contribution in [1.29, 1.82) is 0 Å². The summed E-state index contributed by atoms with van der Waals surface area (Å²) < 4.78 is 0. The first-order valence-electron chi connectivity index (χ1n) is 18.1. The first kappa shape index (κ1) is 37.7. The zero-order valence-electron chi connectivity index (χ0n) is 27.3. The van der Waals surface area contributed by atoms with Gasteiger partial charge < -0.3 is 0 Å². The Morgan fingerprint density at radius 3 is 1.00 bits per heavy atom. The molecule has 0 aliphatic carbocycles. The Bertz CT molecular complexity index is 442. The van der Waals surface area contributed by atoms with E-state index in [-0.39, 0.29) is 0 Å². The van der Waals surface area contributed by atoms with Crippen molar-refractivity contribution in [3.8, 4) is 0 Å². The van der Waals surface area contributed by atoms with Crippen molar-refractivity contribution in [1.82, 2.24) is 4.90 Å². The molecule has 0 aliphatic heterocycles. The van der Waals surface area contributed by atoms with Crippen molar-refractivity contribution in [3.63, 3.8) is 0 Å². The molecule has 0 spiro atoms. The van der Waals surface area contributed by atoms with Crippen molar-refractivity contribution >= 4 is 0 Å². The van der Waals surface area contributed by atoms with E-state index in [0.29, 0.717) is 0 Å². The average molecular weight is 534 g/mol. The summed E-state index contributed by atoms with van der Waals surface area (Å²) in [5.41, 5.74) is 1.47. The fourth-order valence-corrected chi connectivity index (χ4v) is 5.84. The van der Waals surface area contributed by atoms with Crippen LogP contribution in [0.25, 0.3) is 0 Å². The quantitative estimate of drug-likeness (QED) is 0.0598. The average Bonchev–Trinajstić information content (AvgIpc) is 2.92. The topological polar surface area (TPSA) is 3.24 Å². The van der Waals surface area contributed by atoms with Gasteiger partial charge in [-0.15, -0.1) is 0 Å². The van der Waals surface area contributed by atoms with Crippen molar-refractivity contribution < 1.29 is 0 Å². The number of hydrogen-bond acceptors (Lipinski definition) is 1. The molecule has 0 radical (unpaired) electrons. The van der Waals surface area contributed by atoms with Crippen LogP contribution in [0.4, 0.5) is 0 Å². The van der Waals surface area contributed by atoms with E-state index < -0.39 is 0 Å². The van der Waals surface area contributed by atoms with Gasteiger partial charge in [0.25, 0.3) is 0 Å². The van der Waals surface area contributed by atoms with Gasteiger partial charge in [0.2, 0.25) is 0 Å². The van der Waals surface area contributed by atoms with Crippen LogP contribution < -0.4 is 0 Å². The molecule has 0 N–H and O–H groups in total. The predicted octanol–water partition coefficient (Wildman–Crippen LogP) is 13.2. The van der Waals surface area contributed by atoms with Crippen LogP contribution in [-0.2, 0) is 0 Å². The molecule has 0 saturated heterocycles. The van der Waals surface area contributed by atoms with Gasteiger partial charge in [-0.1, -0.05) is 200 Å². The molecule has 0 fully saturated rings. The van der Waals surface area contributed by atoms with Crippen LogP contribution in [-0.4, -0.2) is 24.5 Å². The molecular formula is C37H75N. The normalized spacial score (nSPS) is 11.6. The highest BCUT2D eigenvalue weighted by atomic mass is 15.1. The molecule has 38 heavy (non-hydrogen) atoms. The zero-order valence-corrected chi connectivity index (χ0v) is 27.3. The monoisotopic (exact) mass is 534 g/mol. The van der Waals surface area contributed by atoms with Gasteiger partial charge in [0, 0.05) is 6.54 Å². The summed E-state index contributed by atoms with van der Waals surface area (Å²) in [4.78, 5) is 2.63. The minimum absolute atomic E-state index is 1.13. The minimum atomic E-state index is 1.13. The zero-order chi connectivity index (χ0) is 27.8. The van der Waals surface area contributed by atoms with Crippen LogP contribution in [0.2, 0.25) is 0 Å². The fourth-order valence-electron chi connectivity index (χ4n) is 5.84. The van der Waals surface area contributed by atoms with E-state index in [1.807, 2.05) is 0 Å². The Kier molecular flexibility index (Phi) is 32.6. The molecule has 0 amide bonds. The van der Waals surface area contributed by atoms with Crippen LogP contribution in [0, 0.1) is 0 Å². The maximum absolute atomic E-state index is 4.42. The molecule has 0 bridgehead atoms. The van der Waals surface area contributed by atoms with Gasteiger partial charge in [0.05, 0.1) is 0 Å². The molecule has 0 atom stereocenters. The molecule has 1 nitrogen and oxygen atoms in total. The Labute approximate surface area is 243 Å². The highest BCUT2D eigenvalue weighted by Gasteiger charge is 2.05. The minimum Gasteiger partial charge on any atom is -0.300 e. The largest absolute Gasteiger partial charge is 0.300 e. The second-order valence-corrected chi connectivity index (χ2v) is 12.6. The van der Waals surface area contributed by atoms with Gasteiger partial charge in [0.1, 0.15) is 0 Å². The fraction of sp³-hybridized carbons (Fsp3) is 0.946. The first-order chi connectivity index (χ1) is 18.7. The maximum atomic E-state index is 4.42. The highest BCUT2D eigenvalue weighted by molar-refractivity contribution is 4.97. The van der Waals surface area contributed by atoms with Crippen molar-refractivity contribution in [2.45, 2.75) is 207 Å². The molecule has 0 aromatic rings. The molecule has 0 rings (SSSR count). The van der Waals surface area contributed by atoms with E-state index in [0.717, 1.165) is 6.54 Å². The maximum Gasteiger partial charge on any atom is 0.0190 e. The Morgan fingerprint density at radius 2 is 0.684 bits per heavy atom. The smallest absolute Gasteiger partial charge is 0.0190 e. The van der Waals surface area contributed by atoms with E-state index in [1.165, 1.54) is 205 Å². The van der Waals surface area contributed by atoms with E-state index in [4.69, 9.17) is 0 Å². The van der Waals surface area contributed by atoms with Crippen LogP contribution >= 0.6 is 0 Å². The first-order valence-corrected chi connectivity index (χ1v) is 18.1. The molecule has 0 aromatic heterocycles. The second kappa shape index (κ2) is 32.9. The summed E-state index contributed by atoms with van der Waals surface area (Å²) in [5.74, 6) is 0. The summed E-state index contributed by atoms with van der Waals surface area (Å²) in [6.45, 7) is 14.9.